The monoisotopic (exact) mass is 423 g/mol. The normalized spacial score (nSPS) is 14.6. The van der Waals surface area contributed by atoms with Crippen LogP contribution < -0.4 is 0 Å². The standard InChI is InChI=1S/C24H26ClN3O2/c25-20-14-12-19(13-15-20)24-26-22(30-27-24)17-28(21-9-5-2-6-10-21)23(29)16-11-18-7-3-1-4-8-18/h1,3-4,7-8,12-15,21H,2,5-6,9-11,16-17H2. The zero-order valence-corrected chi connectivity index (χ0v) is 17.7. The maximum absolute atomic E-state index is 13.2. The second-order valence-electron chi connectivity index (χ2n) is 7.82. The third kappa shape index (κ3) is 5.28. The van der Waals surface area contributed by atoms with Crippen LogP contribution in [0.5, 0.6) is 0 Å². The number of nitrogens with zero attached hydrogens (tertiary/aromatic N) is 3. The van der Waals surface area contributed by atoms with Crippen LogP contribution >= 0.6 is 11.6 Å². The lowest BCUT2D eigenvalue weighted by Crippen LogP contribution is -2.41. The molecule has 30 heavy (non-hydrogen) atoms. The van der Waals surface area contributed by atoms with Crippen molar-refractivity contribution in [1.82, 2.24) is 15.0 Å². The Bertz CT molecular complexity index is 950. The van der Waals surface area contributed by atoms with Gasteiger partial charge in [-0.15, -0.1) is 0 Å². The number of aromatic nitrogens is 2. The molecule has 0 radical (unpaired) electrons. The van der Waals surface area contributed by atoms with Gasteiger partial charge in [0, 0.05) is 23.0 Å². The molecule has 0 spiro atoms. The molecule has 0 bridgehead atoms. The van der Waals surface area contributed by atoms with E-state index in [1.165, 1.54) is 12.0 Å². The first kappa shape index (κ1) is 20.6. The van der Waals surface area contributed by atoms with E-state index in [4.69, 9.17) is 16.1 Å². The van der Waals surface area contributed by atoms with Crippen molar-refractivity contribution in [2.75, 3.05) is 0 Å². The Labute approximate surface area is 182 Å². The molecule has 1 saturated carbocycles. The molecule has 1 fully saturated rings. The van der Waals surface area contributed by atoms with E-state index in [2.05, 4.69) is 22.3 Å². The number of hydrogen-bond donors (Lipinski definition) is 0. The van der Waals surface area contributed by atoms with Gasteiger partial charge >= 0.3 is 0 Å². The Morgan fingerprint density at radius 1 is 1.03 bits per heavy atom. The number of amides is 1. The molecule has 1 amide bonds. The molecule has 1 aromatic heterocycles. The summed E-state index contributed by atoms with van der Waals surface area (Å²) in [4.78, 5) is 19.6. The average molecular weight is 424 g/mol. The van der Waals surface area contributed by atoms with Gasteiger partial charge in [0.25, 0.3) is 0 Å². The van der Waals surface area contributed by atoms with Crippen LogP contribution in [0.4, 0.5) is 0 Å². The van der Waals surface area contributed by atoms with E-state index in [9.17, 15) is 4.79 Å². The van der Waals surface area contributed by atoms with Gasteiger partial charge in [-0.25, -0.2) is 0 Å². The molecule has 4 rings (SSSR count). The Balaban J connectivity index is 1.47. The van der Waals surface area contributed by atoms with Gasteiger partial charge in [0.15, 0.2) is 0 Å². The van der Waals surface area contributed by atoms with E-state index >= 15 is 0 Å². The van der Waals surface area contributed by atoms with Gasteiger partial charge in [-0.3, -0.25) is 4.79 Å². The number of halogens is 1. The van der Waals surface area contributed by atoms with Gasteiger partial charge in [0.05, 0.1) is 0 Å². The first-order chi connectivity index (χ1) is 14.7. The van der Waals surface area contributed by atoms with E-state index in [0.29, 0.717) is 29.7 Å². The lowest BCUT2D eigenvalue weighted by atomic mass is 9.93. The van der Waals surface area contributed by atoms with Gasteiger partial charge in [-0.2, -0.15) is 4.98 Å². The van der Waals surface area contributed by atoms with Crippen molar-refractivity contribution in [2.24, 2.45) is 0 Å². The Hall–Kier alpha value is -2.66. The highest BCUT2D eigenvalue weighted by atomic mass is 35.5. The fraction of sp³-hybridized carbons (Fsp3) is 0.375. The Morgan fingerprint density at radius 2 is 1.77 bits per heavy atom. The summed E-state index contributed by atoms with van der Waals surface area (Å²) < 4.78 is 5.50. The first-order valence-electron chi connectivity index (χ1n) is 10.6. The van der Waals surface area contributed by atoms with Crippen LogP contribution in [0.25, 0.3) is 11.4 Å². The molecule has 6 heteroatoms. The SMILES string of the molecule is O=C(CCc1ccccc1)N(Cc1nc(-c2ccc(Cl)cc2)no1)C1CCCCC1. The zero-order valence-electron chi connectivity index (χ0n) is 17.0. The highest BCUT2D eigenvalue weighted by Crippen LogP contribution is 2.26. The minimum Gasteiger partial charge on any atom is -0.337 e. The number of carbonyl (C=O) groups is 1. The second kappa shape index (κ2) is 9.90. The summed E-state index contributed by atoms with van der Waals surface area (Å²) in [7, 11) is 0. The van der Waals surface area contributed by atoms with E-state index in [1.54, 1.807) is 12.1 Å². The van der Waals surface area contributed by atoms with Crippen molar-refractivity contribution in [3.8, 4) is 11.4 Å². The number of benzene rings is 2. The second-order valence-corrected chi connectivity index (χ2v) is 8.25. The Morgan fingerprint density at radius 3 is 2.50 bits per heavy atom. The summed E-state index contributed by atoms with van der Waals surface area (Å²) in [5.74, 6) is 1.14. The van der Waals surface area contributed by atoms with E-state index in [-0.39, 0.29) is 11.9 Å². The number of rotatable bonds is 7. The summed E-state index contributed by atoms with van der Waals surface area (Å²) in [5.41, 5.74) is 2.02. The molecule has 0 unspecified atom stereocenters. The third-order valence-corrected chi connectivity index (χ3v) is 5.93. The predicted octanol–water partition coefficient (Wildman–Crippen LogP) is 5.68. The minimum absolute atomic E-state index is 0.150. The van der Waals surface area contributed by atoms with Crippen molar-refractivity contribution in [2.45, 2.75) is 57.5 Å². The van der Waals surface area contributed by atoms with Crippen molar-refractivity contribution >= 4 is 17.5 Å². The molecule has 1 heterocycles. The molecule has 3 aromatic rings. The summed E-state index contributed by atoms with van der Waals surface area (Å²) in [6.07, 6.45) is 6.86. The molecular formula is C24H26ClN3O2. The molecule has 1 aliphatic rings. The van der Waals surface area contributed by atoms with E-state index in [1.807, 2.05) is 35.2 Å². The number of hydrogen-bond acceptors (Lipinski definition) is 4. The zero-order chi connectivity index (χ0) is 20.8. The van der Waals surface area contributed by atoms with Crippen LogP contribution in [0, 0.1) is 0 Å². The van der Waals surface area contributed by atoms with Gasteiger partial charge < -0.3 is 9.42 Å². The van der Waals surface area contributed by atoms with Crippen molar-refractivity contribution in [3.05, 3.63) is 71.1 Å². The number of aryl methyl sites for hydroxylation is 1. The molecular weight excluding hydrogens is 398 g/mol. The van der Waals surface area contributed by atoms with E-state index in [0.717, 1.165) is 37.7 Å². The first-order valence-corrected chi connectivity index (χ1v) is 11.0. The fourth-order valence-corrected chi connectivity index (χ4v) is 4.16. The average Bonchev–Trinajstić information content (AvgIpc) is 3.26. The highest BCUT2D eigenvalue weighted by Gasteiger charge is 2.27. The summed E-state index contributed by atoms with van der Waals surface area (Å²) in [6.45, 7) is 0.360. The maximum atomic E-state index is 13.2. The van der Waals surface area contributed by atoms with Crippen molar-refractivity contribution in [3.63, 3.8) is 0 Å². The summed E-state index contributed by atoms with van der Waals surface area (Å²) in [5, 5.41) is 4.76. The molecule has 2 aromatic carbocycles. The molecule has 1 aliphatic carbocycles. The quantitative estimate of drug-likeness (QED) is 0.490. The van der Waals surface area contributed by atoms with Crippen molar-refractivity contribution < 1.29 is 9.32 Å². The summed E-state index contributed by atoms with van der Waals surface area (Å²) in [6, 6.07) is 17.7. The molecule has 0 aliphatic heterocycles. The lowest BCUT2D eigenvalue weighted by molar-refractivity contribution is -0.135. The van der Waals surface area contributed by atoms with Gasteiger partial charge in [0.1, 0.15) is 6.54 Å². The fourth-order valence-electron chi connectivity index (χ4n) is 4.03. The summed E-state index contributed by atoms with van der Waals surface area (Å²) >= 11 is 5.96. The van der Waals surface area contributed by atoms with Gasteiger partial charge in [0.2, 0.25) is 17.6 Å². The van der Waals surface area contributed by atoms with Crippen molar-refractivity contribution in [1.29, 1.82) is 0 Å². The molecule has 0 saturated heterocycles. The smallest absolute Gasteiger partial charge is 0.246 e. The van der Waals surface area contributed by atoms with Crippen LogP contribution in [0.2, 0.25) is 5.02 Å². The molecule has 5 nitrogen and oxygen atoms in total. The predicted molar refractivity (Wildman–Crippen MR) is 117 cm³/mol. The van der Waals surface area contributed by atoms with Crippen LogP contribution in [-0.4, -0.2) is 27.0 Å². The highest BCUT2D eigenvalue weighted by molar-refractivity contribution is 6.30. The van der Waals surface area contributed by atoms with Crippen LogP contribution in [0.3, 0.4) is 0 Å². The van der Waals surface area contributed by atoms with Crippen LogP contribution in [-0.2, 0) is 17.8 Å². The minimum atomic E-state index is 0.150. The van der Waals surface area contributed by atoms with E-state index < -0.39 is 0 Å². The van der Waals surface area contributed by atoms with Gasteiger partial charge in [-0.1, -0.05) is 66.4 Å². The molecule has 0 N–H and O–H groups in total. The Kier molecular flexibility index (Phi) is 6.80. The molecule has 0 atom stereocenters. The maximum Gasteiger partial charge on any atom is 0.246 e. The van der Waals surface area contributed by atoms with Crippen LogP contribution in [0.15, 0.2) is 59.1 Å². The molecule has 156 valence electrons. The topological polar surface area (TPSA) is 59.2 Å². The largest absolute Gasteiger partial charge is 0.337 e. The third-order valence-electron chi connectivity index (χ3n) is 5.68. The van der Waals surface area contributed by atoms with Gasteiger partial charge in [-0.05, 0) is 49.1 Å². The lowest BCUT2D eigenvalue weighted by Gasteiger charge is -2.33. The number of carbonyl (C=O) groups excluding carboxylic acids is 1. The van der Waals surface area contributed by atoms with Crippen LogP contribution in [0.1, 0.15) is 50.0 Å².